The smallest absolute Gasteiger partial charge is 0.262 e. The molecule has 0 saturated heterocycles. The van der Waals surface area contributed by atoms with Crippen molar-refractivity contribution in [1.29, 1.82) is 0 Å². The molecule has 0 saturated carbocycles. The van der Waals surface area contributed by atoms with Crippen molar-refractivity contribution in [1.82, 2.24) is 0 Å². The topological polar surface area (TPSA) is 81.7 Å². The van der Waals surface area contributed by atoms with Crippen LogP contribution in [0.5, 0.6) is 11.5 Å². The Morgan fingerprint density at radius 3 is 2.35 bits per heavy atom. The van der Waals surface area contributed by atoms with Gasteiger partial charge >= 0.3 is 0 Å². The summed E-state index contributed by atoms with van der Waals surface area (Å²) in [6.07, 6.45) is 1.29. The van der Waals surface area contributed by atoms with Crippen LogP contribution in [0.4, 0.5) is 14.5 Å². The minimum atomic E-state index is -3.82. The van der Waals surface area contributed by atoms with Crippen molar-refractivity contribution >= 4 is 39.3 Å². The number of benzene rings is 3. The lowest BCUT2D eigenvalue weighted by Gasteiger charge is -2.20. The molecule has 176 valence electrons. The van der Waals surface area contributed by atoms with Crippen molar-refractivity contribution in [2.75, 3.05) is 19.5 Å². The second-order valence-electron chi connectivity index (χ2n) is 7.29. The first kappa shape index (κ1) is 23.8. The number of carbonyl (C=O) groups excluding carboxylic acids is 1. The van der Waals surface area contributed by atoms with Crippen LogP contribution in [-0.2, 0) is 20.4 Å². The summed E-state index contributed by atoms with van der Waals surface area (Å²) in [5.74, 6) is -1.61. The predicted molar refractivity (Wildman–Crippen MR) is 126 cm³/mol. The molecule has 4 rings (SSSR count). The van der Waals surface area contributed by atoms with E-state index in [4.69, 9.17) is 9.47 Å². The Labute approximate surface area is 199 Å². The second-order valence-corrected chi connectivity index (χ2v) is 10.4. The molecule has 3 aromatic carbocycles. The fraction of sp³-hybridized carbons (Fsp3) is 0.125. The molecule has 0 unspecified atom stereocenters. The van der Waals surface area contributed by atoms with Crippen molar-refractivity contribution < 1.29 is 31.5 Å². The highest BCUT2D eigenvalue weighted by molar-refractivity contribution is 8.04. The highest BCUT2D eigenvalue weighted by Gasteiger charge is 2.26. The van der Waals surface area contributed by atoms with Crippen molar-refractivity contribution in [3.05, 3.63) is 82.3 Å². The molecule has 34 heavy (non-hydrogen) atoms. The molecule has 1 amide bonds. The first-order valence-electron chi connectivity index (χ1n) is 9.94. The molecule has 3 aromatic rings. The zero-order valence-electron chi connectivity index (χ0n) is 18.1. The number of hydrogen-bond donors (Lipinski definition) is 1. The largest absolute Gasteiger partial charge is 0.496 e. The number of fused-ring (bicyclic) bond motifs is 1. The third kappa shape index (κ3) is 4.78. The van der Waals surface area contributed by atoms with Crippen LogP contribution in [0.1, 0.15) is 11.1 Å². The molecule has 0 fully saturated rings. The van der Waals surface area contributed by atoms with Crippen LogP contribution in [0.2, 0.25) is 0 Å². The van der Waals surface area contributed by atoms with Gasteiger partial charge in [-0.2, -0.15) is 0 Å². The standard InChI is InChI=1S/C24H19F2NO5S2/c1-31-20-4-3-5-21(32-2)17(20)13-34(29,30)16-8-9-19-22(12-16)33-23(24(28)27-19)10-14-6-7-15(25)11-18(14)26/h3-12H,13H2,1-2H3,(H,27,28). The van der Waals surface area contributed by atoms with E-state index in [1.807, 2.05) is 0 Å². The molecule has 1 aliphatic heterocycles. The molecule has 0 radical (unpaired) electrons. The number of methoxy groups -OCH3 is 2. The van der Waals surface area contributed by atoms with Gasteiger partial charge in [0.25, 0.3) is 5.91 Å². The van der Waals surface area contributed by atoms with Crippen LogP contribution in [0.15, 0.2) is 69.3 Å². The van der Waals surface area contributed by atoms with E-state index in [1.54, 1.807) is 18.2 Å². The molecule has 1 N–H and O–H groups in total. The van der Waals surface area contributed by atoms with Gasteiger partial charge in [0, 0.05) is 16.5 Å². The molecule has 0 atom stereocenters. The number of thioether (sulfide) groups is 1. The van der Waals surface area contributed by atoms with Crippen LogP contribution in [0, 0.1) is 11.6 Å². The van der Waals surface area contributed by atoms with Crippen molar-refractivity contribution in [3.63, 3.8) is 0 Å². The van der Waals surface area contributed by atoms with E-state index in [0.29, 0.717) is 27.6 Å². The number of hydrogen-bond acceptors (Lipinski definition) is 6. The van der Waals surface area contributed by atoms with Gasteiger partial charge in [0.15, 0.2) is 9.84 Å². The molecule has 6 nitrogen and oxygen atoms in total. The van der Waals surface area contributed by atoms with Gasteiger partial charge in [0.1, 0.15) is 23.1 Å². The summed E-state index contributed by atoms with van der Waals surface area (Å²) in [7, 11) is -0.930. The van der Waals surface area contributed by atoms with Gasteiger partial charge in [-0.05, 0) is 48.5 Å². The molecule has 0 aliphatic carbocycles. The quantitative estimate of drug-likeness (QED) is 0.475. The molecule has 0 aromatic heterocycles. The molecule has 0 bridgehead atoms. The van der Waals surface area contributed by atoms with Gasteiger partial charge in [-0.1, -0.05) is 17.8 Å². The number of anilines is 1. The Morgan fingerprint density at radius 1 is 1.00 bits per heavy atom. The third-order valence-corrected chi connectivity index (χ3v) is 7.84. The first-order chi connectivity index (χ1) is 16.2. The van der Waals surface area contributed by atoms with E-state index >= 15 is 0 Å². The van der Waals surface area contributed by atoms with E-state index in [1.165, 1.54) is 44.6 Å². The number of sulfone groups is 1. The third-order valence-electron chi connectivity index (χ3n) is 5.12. The maximum Gasteiger partial charge on any atom is 0.262 e. The summed E-state index contributed by atoms with van der Waals surface area (Å²) in [6, 6.07) is 12.4. The maximum atomic E-state index is 14.1. The van der Waals surface area contributed by atoms with Gasteiger partial charge in [0.2, 0.25) is 0 Å². The van der Waals surface area contributed by atoms with Crippen LogP contribution < -0.4 is 14.8 Å². The number of ether oxygens (including phenoxy) is 2. The van der Waals surface area contributed by atoms with Crippen molar-refractivity contribution in [2.24, 2.45) is 0 Å². The van der Waals surface area contributed by atoms with Gasteiger partial charge in [0.05, 0.1) is 41.0 Å². The molecular weight excluding hydrogens is 484 g/mol. The van der Waals surface area contributed by atoms with Gasteiger partial charge in [-0.15, -0.1) is 0 Å². The number of halogens is 2. The fourth-order valence-corrected chi connectivity index (χ4v) is 5.89. The van der Waals surface area contributed by atoms with E-state index in [-0.39, 0.29) is 21.1 Å². The average molecular weight is 504 g/mol. The van der Waals surface area contributed by atoms with Gasteiger partial charge < -0.3 is 14.8 Å². The monoisotopic (exact) mass is 503 g/mol. The fourth-order valence-electron chi connectivity index (χ4n) is 3.43. The van der Waals surface area contributed by atoms with Crippen molar-refractivity contribution in [2.45, 2.75) is 15.5 Å². The highest BCUT2D eigenvalue weighted by atomic mass is 32.2. The van der Waals surface area contributed by atoms with Crippen LogP contribution in [-0.4, -0.2) is 28.5 Å². The lowest BCUT2D eigenvalue weighted by Crippen LogP contribution is -2.18. The van der Waals surface area contributed by atoms with Gasteiger partial charge in [-0.3, -0.25) is 4.79 Å². The first-order valence-corrected chi connectivity index (χ1v) is 12.4. The number of carbonyl (C=O) groups is 1. The van der Waals surface area contributed by atoms with E-state index in [9.17, 15) is 22.0 Å². The molecular formula is C24H19F2NO5S2. The molecule has 1 aliphatic rings. The Morgan fingerprint density at radius 2 is 1.71 bits per heavy atom. The summed E-state index contributed by atoms with van der Waals surface area (Å²) in [6.45, 7) is 0. The lowest BCUT2D eigenvalue weighted by molar-refractivity contribution is -0.112. The Hall–Kier alpha value is -3.37. The summed E-state index contributed by atoms with van der Waals surface area (Å²) >= 11 is 1.000. The van der Waals surface area contributed by atoms with Crippen LogP contribution in [0.25, 0.3) is 6.08 Å². The minimum absolute atomic E-state index is 0.0366. The normalized spacial score (nSPS) is 14.5. The maximum absolute atomic E-state index is 14.1. The Kier molecular flexibility index (Phi) is 6.63. The van der Waals surface area contributed by atoms with Crippen LogP contribution in [0.3, 0.4) is 0 Å². The zero-order chi connectivity index (χ0) is 24.5. The summed E-state index contributed by atoms with van der Waals surface area (Å²) in [5, 5.41) is 2.67. The average Bonchev–Trinajstić information content (AvgIpc) is 2.80. The Balaban J connectivity index is 1.68. The van der Waals surface area contributed by atoms with E-state index in [0.717, 1.165) is 23.9 Å². The number of nitrogens with one attached hydrogen (secondary N) is 1. The predicted octanol–water partition coefficient (Wildman–Crippen LogP) is 5.04. The van der Waals surface area contributed by atoms with Crippen molar-refractivity contribution in [3.8, 4) is 11.5 Å². The molecule has 10 heteroatoms. The number of amides is 1. The lowest BCUT2D eigenvalue weighted by atomic mass is 10.2. The Bertz CT molecular complexity index is 1400. The summed E-state index contributed by atoms with van der Waals surface area (Å²) < 4.78 is 64.3. The summed E-state index contributed by atoms with van der Waals surface area (Å²) in [4.78, 5) is 13.1. The molecule has 0 spiro atoms. The summed E-state index contributed by atoms with van der Waals surface area (Å²) in [5.41, 5.74) is 0.855. The minimum Gasteiger partial charge on any atom is -0.496 e. The molecule has 1 heterocycles. The highest BCUT2D eigenvalue weighted by Crippen LogP contribution is 2.41. The number of rotatable bonds is 6. The van der Waals surface area contributed by atoms with E-state index in [2.05, 4.69) is 5.32 Å². The van der Waals surface area contributed by atoms with Gasteiger partial charge in [-0.25, -0.2) is 17.2 Å². The zero-order valence-corrected chi connectivity index (χ0v) is 19.7. The second kappa shape index (κ2) is 9.47. The van der Waals surface area contributed by atoms with Crippen LogP contribution >= 0.6 is 11.8 Å². The van der Waals surface area contributed by atoms with E-state index < -0.39 is 27.4 Å². The SMILES string of the molecule is COc1cccc(OC)c1CS(=O)(=O)c1ccc2c(c1)SC(=Cc1ccc(F)cc1F)C(=O)N2.